The molecule has 3 heterocycles. The van der Waals surface area contributed by atoms with E-state index in [-0.39, 0.29) is 17.0 Å². The molecular formula is C24H32BrN7O. The summed E-state index contributed by atoms with van der Waals surface area (Å²) >= 11 is 3.57. The first kappa shape index (κ1) is 23.5. The number of hydrogen-bond donors (Lipinski definition) is 3. The predicted octanol–water partition coefficient (Wildman–Crippen LogP) is 4.42. The average molecular weight is 514 g/mol. The maximum atomic E-state index is 6.64. The maximum absolute atomic E-state index is 6.64. The average Bonchev–Trinajstić information content (AvgIpc) is 3.25. The van der Waals surface area contributed by atoms with Gasteiger partial charge in [-0.25, -0.2) is 14.5 Å². The van der Waals surface area contributed by atoms with Crippen LogP contribution in [0.5, 0.6) is 5.88 Å². The number of methoxy groups -OCH3 is 1. The fraction of sp³-hybridized carbons (Fsp3) is 0.458. The molecule has 1 fully saturated rings. The monoisotopic (exact) mass is 513 g/mol. The van der Waals surface area contributed by atoms with E-state index < -0.39 is 0 Å². The second kappa shape index (κ2) is 8.61. The molecule has 0 aromatic carbocycles. The SMILES string of the molecule is CCc1cc(OC)ncc1N=C(N)c1cnn2cc(Br)cc2c1N[C@@H]1CC[C@](C)(N)C1(C)C. The molecule has 2 atom stereocenters. The topological polar surface area (TPSA) is 116 Å². The van der Waals surface area contributed by atoms with Crippen LogP contribution in [0.25, 0.3) is 5.52 Å². The van der Waals surface area contributed by atoms with Crippen molar-refractivity contribution >= 4 is 38.7 Å². The molecule has 0 aliphatic heterocycles. The van der Waals surface area contributed by atoms with Gasteiger partial charge in [0.1, 0.15) is 5.84 Å². The van der Waals surface area contributed by atoms with Gasteiger partial charge in [-0.1, -0.05) is 20.8 Å². The number of ether oxygens (including phenoxy) is 1. The van der Waals surface area contributed by atoms with Crippen LogP contribution in [0.1, 0.15) is 51.7 Å². The van der Waals surface area contributed by atoms with Crippen molar-refractivity contribution in [3.8, 4) is 5.88 Å². The number of rotatable bonds is 6. The van der Waals surface area contributed by atoms with Crippen molar-refractivity contribution in [3.63, 3.8) is 0 Å². The minimum absolute atomic E-state index is 0.116. The minimum Gasteiger partial charge on any atom is -0.481 e. The Bertz CT molecular complexity index is 1210. The lowest BCUT2D eigenvalue weighted by molar-refractivity contribution is 0.215. The summed E-state index contributed by atoms with van der Waals surface area (Å²) in [6, 6.07) is 4.09. The molecule has 3 aromatic heterocycles. The number of halogens is 1. The lowest BCUT2D eigenvalue weighted by Gasteiger charge is -2.39. The van der Waals surface area contributed by atoms with Crippen LogP contribution in [-0.2, 0) is 6.42 Å². The maximum Gasteiger partial charge on any atom is 0.213 e. The standard InChI is InChI=1S/C24H32BrN7O/c1-6-14-9-20(33-5)28-12-17(14)30-22(26)16-11-29-32-13-15(25)10-18(32)21(16)31-19-7-8-24(4,27)23(19,2)3/h9-13,19,31H,6-8,27H2,1-5H3,(H2,26,30)/t19-,24+/m1/s1. The van der Waals surface area contributed by atoms with Crippen molar-refractivity contribution in [3.05, 3.63) is 46.3 Å². The first-order valence-corrected chi connectivity index (χ1v) is 12.0. The highest BCUT2D eigenvalue weighted by Crippen LogP contribution is 2.46. The molecule has 0 unspecified atom stereocenters. The zero-order valence-corrected chi connectivity index (χ0v) is 21.4. The number of nitrogens with one attached hydrogen (secondary N) is 1. The number of nitrogens with two attached hydrogens (primary N) is 2. The van der Waals surface area contributed by atoms with Gasteiger partial charge >= 0.3 is 0 Å². The molecule has 1 saturated carbocycles. The van der Waals surface area contributed by atoms with Crippen LogP contribution in [-0.4, -0.2) is 39.1 Å². The third kappa shape index (κ3) is 4.19. The zero-order chi connectivity index (χ0) is 24.0. The molecule has 33 heavy (non-hydrogen) atoms. The molecule has 3 aromatic rings. The highest BCUT2D eigenvalue weighted by atomic mass is 79.9. The van der Waals surface area contributed by atoms with Gasteiger partial charge in [-0.3, -0.25) is 0 Å². The minimum atomic E-state index is -0.263. The van der Waals surface area contributed by atoms with Crippen molar-refractivity contribution in [2.75, 3.05) is 12.4 Å². The molecule has 4 rings (SSSR count). The molecule has 0 saturated heterocycles. The molecule has 1 aliphatic carbocycles. The van der Waals surface area contributed by atoms with Crippen LogP contribution < -0.4 is 21.5 Å². The van der Waals surface area contributed by atoms with Crippen molar-refractivity contribution in [2.45, 2.75) is 58.5 Å². The number of pyridine rings is 1. The van der Waals surface area contributed by atoms with E-state index in [0.29, 0.717) is 17.4 Å². The number of anilines is 1. The Balaban J connectivity index is 1.81. The largest absolute Gasteiger partial charge is 0.481 e. The molecule has 0 bridgehead atoms. The summed E-state index contributed by atoms with van der Waals surface area (Å²) in [5, 5.41) is 8.33. The van der Waals surface area contributed by atoms with Crippen molar-refractivity contribution in [1.82, 2.24) is 14.6 Å². The van der Waals surface area contributed by atoms with Gasteiger partial charge in [0.25, 0.3) is 0 Å². The number of nitrogens with zero attached hydrogens (tertiary/aromatic N) is 4. The first-order valence-electron chi connectivity index (χ1n) is 11.2. The first-order chi connectivity index (χ1) is 15.6. The number of aryl methyl sites for hydroxylation is 1. The summed E-state index contributed by atoms with van der Waals surface area (Å²) in [7, 11) is 1.60. The molecule has 176 valence electrons. The second-order valence-electron chi connectivity index (χ2n) is 9.50. The molecule has 8 nitrogen and oxygen atoms in total. The lowest BCUT2D eigenvalue weighted by atomic mass is 9.75. The van der Waals surface area contributed by atoms with E-state index in [1.165, 1.54) is 0 Å². The number of aromatic nitrogens is 3. The van der Waals surface area contributed by atoms with Gasteiger partial charge in [-0.15, -0.1) is 0 Å². The number of fused-ring (bicyclic) bond motifs is 1. The summed E-state index contributed by atoms with van der Waals surface area (Å²) in [6.45, 7) is 8.63. The van der Waals surface area contributed by atoms with E-state index in [1.54, 1.807) is 19.5 Å². The molecule has 1 aliphatic rings. The number of hydrogen-bond acceptors (Lipinski definition) is 6. The third-order valence-electron chi connectivity index (χ3n) is 7.27. The van der Waals surface area contributed by atoms with Gasteiger partial charge < -0.3 is 21.5 Å². The molecule has 0 amide bonds. The Labute approximate surface area is 202 Å². The molecule has 9 heteroatoms. The Kier molecular flexibility index (Phi) is 6.13. The smallest absolute Gasteiger partial charge is 0.213 e. The number of aliphatic imine (C=N–C) groups is 1. The second-order valence-corrected chi connectivity index (χ2v) is 10.4. The summed E-state index contributed by atoms with van der Waals surface area (Å²) in [5.41, 5.74) is 17.1. The predicted molar refractivity (Wildman–Crippen MR) is 136 cm³/mol. The van der Waals surface area contributed by atoms with Crippen molar-refractivity contribution in [2.24, 2.45) is 21.9 Å². The van der Waals surface area contributed by atoms with Crippen LogP contribution in [0.2, 0.25) is 0 Å². The van der Waals surface area contributed by atoms with Crippen LogP contribution in [0.3, 0.4) is 0 Å². The fourth-order valence-corrected chi connectivity index (χ4v) is 4.89. The fourth-order valence-electron chi connectivity index (χ4n) is 4.48. The van der Waals surface area contributed by atoms with Crippen LogP contribution >= 0.6 is 15.9 Å². The molecular weight excluding hydrogens is 482 g/mol. The van der Waals surface area contributed by atoms with Crippen LogP contribution in [0.4, 0.5) is 11.4 Å². The summed E-state index contributed by atoms with van der Waals surface area (Å²) < 4.78 is 8.02. The zero-order valence-electron chi connectivity index (χ0n) is 19.8. The van der Waals surface area contributed by atoms with E-state index >= 15 is 0 Å². The molecule has 5 N–H and O–H groups in total. The van der Waals surface area contributed by atoms with Gasteiger partial charge in [-0.2, -0.15) is 5.10 Å². The van der Waals surface area contributed by atoms with Crippen molar-refractivity contribution < 1.29 is 4.74 Å². The van der Waals surface area contributed by atoms with Gasteiger partial charge in [0, 0.05) is 33.7 Å². The molecule has 0 radical (unpaired) electrons. The Hall–Kier alpha value is -2.65. The van der Waals surface area contributed by atoms with Crippen LogP contribution in [0, 0.1) is 5.41 Å². The van der Waals surface area contributed by atoms with Crippen molar-refractivity contribution in [1.29, 1.82) is 0 Å². The van der Waals surface area contributed by atoms with E-state index in [2.05, 4.69) is 59.0 Å². The normalized spacial score (nSPS) is 22.6. The number of amidine groups is 1. The Morgan fingerprint density at radius 3 is 2.73 bits per heavy atom. The van der Waals surface area contributed by atoms with Gasteiger partial charge in [0.05, 0.1) is 42.0 Å². The Morgan fingerprint density at radius 2 is 2.09 bits per heavy atom. The summed E-state index contributed by atoms with van der Waals surface area (Å²) in [6.07, 6.45) is 8.07. The van der Waals surface area contributed by atoms with Gasteiger partial charge in [-0.05, 0) is 53.7 Å². The Morgan fingerprint density at radius 1 is 1.33 bits per heavy atom. The summed E-state index contributed by atoms with van der Waals surface area (Å²) in [4.78, 5) is 9.05. The summed E-state index contributed by atoms with van der Waals surface area (Å²) in [5.74, 6) is 0.930. The third-order valence-corrected chi connectivity index (χ3v) is 7.70. The van der Waals surface area contributed by atoms with Crippen LogP contribution in [0.15, 0.2) is 40.2 Å². The van der Waals surface area contributed by atoms with E-state index in [0.717, 1.165) is 46.1 Å². The van der Waals surface area contributed by atoms with Gasteiger partial charge in [0.15, 0.2) is 0 Å². The molecule has 0 spiro atoms. The highest BCUT2D eigenvalue weighted by Gasteiger charge is 2.49. The van der Waals surface area contributed by atoms with E-state index in [9.17, 15) is 0 Å². The quantitative estimate of drug-likeness (QED) is 0.331. The lowest BCUT2D eigenvalue weighted by Crippen LogP contribution is -2.51. The van der Waals surface area contributed by atoms with Gasteiger partial charge in [0.2, 0.25) is 5.88 Å². The van der Waals surface area contributed by atoms with E-state index in [1.807, 2.05) is 22.8 Å². The highest BCUT2D eigenvalue weighted by molar-refractivity contribution is 9.10. The van der Waals surface area contributed by atoms with E-state index in [4.69, 9.17) is 21.2 Å².